The maximum atomic E-state index is 13.9. The zero-order valence-electron chi connectivity index (χ0n) is 24.3. The number of hydrogen-bond acceptors (Lipinski definition) is 9. The number of hydrogen-bond donors (Lipinski definition) is 0. The van der Waals surface area contributed by atoms with Gasteiger partial charge >= 0.3 is 5.97 Å². The number of furan rings is 1. The van der Waals surface area contributed by atoms with E-state index in [0.29, 0.717) is 44.5 Å². The number of allylic oxidation sites excluding steroid dienone is 1. The first-order valence-corrected chi connectivity index (χ1v) is 14.9. The maximum absolute atomic E-state index is 13.9. The van der Waals surface area contributed by atoms with Crippen molar-refractivity contribution in [2.75, 3.05) is 6.61 Å². The Morgan fingerprint density at radius 3 is 2.58 bits per heavy atom. The molecule has 0 amide bonds. The Morgan fingerprint density at radius 1 is 1.07 bits per heavy atom. The molecule has 10 nitrogen and oxygen atoms in total. The molecule has 45 heavy (non-hydrogen) atoms. The van der Waals surface area contributed by atoms with Gasteiger partial charge in [-0.1, -0.05) is 65.9 Å². The Bertz CT molecular complexity index is 2110. The van der Waals surface area contributed by atoms with Gasteiger partial charge in [0, 0.05) is 17.7 Å². The van der Waals surface area contributed by atoms with Gasteiger partial charge in [0.15, 0.2) is 4.80 Å². The van der Waals surface area contributed by atoms with Crippen LogP contribution in [-0.4, -0.2) is 22.1 Å². The highest BCUT2D eigenvalue weighted by Gasteiger charge is 2.35. The fourth-order valence-electron chi connectivity index (χ4n) is 5.04. The minimum atomic E-state index is -0.955. The van der Waals surface area contributed by atoms with E-state index >= 15 is 0 Å². The summed E-state index contributed by atoms with van der Waals surface area (Å²) in [5.74, 6) is 0.728. The number of benzene rings is 3. The second-order valence-corrected chi connectivity index (χ2v) is 11.2. The van der Waals surface area contributed by atoms with Crippen molar-refractivity contribution in [1.29, 1.82) is 0 Å². The molecule has 0 spiro atoms. The predicted octanol–water partition coefficient (Wildman–Crippen LogP) is 5.55. The molecule has 0 saturated heterocycles. The first-order chi connectivity index (χ1) is 21.8. The number of esters is 1. The minimum absolute atomic E-state index is 0.0859. The van der Waals surface area contributed by atoms with E-state index in [1.54, 1.807) is 44.2 Å². The summed E-state index contributed by atoms with van der Waals surface area (Å²) in [7, 11) is 0. The number of thiazole rings is 1. The Hall–Kier alpha value is -5.55. The number of nitro groups is 1. The zero-order valence-corrected chi connectivity index (χ0v) is 25.2. The first-order valence-electron chi connectivity index (χ1n) is 14.1. The van der Waals surface area contributed by atoms with Crippen LogP contribution in [0.25, 0.3) is 17.4 Å². The van der Waals surface area contributed by atoms with E-state index in [1.807, 2.05) is 54.6 Å². The number of aromatic nitrogens is 1. The Morgan fingerprint density at radius 2 is 1.84 bits per heavy atom. The van der Waals surface area contributed by atoms with Gasteiger partial charge in [0.1, 0.15) is 29.9 Å². The van der Waals surface area contributed by atoms with Gasteiger partial charge < -0.3 is 13.9 Å². The van der Waals surface area contributed by atoms with Crippen LogP contribution < -0.4 is 19.6 Å². The monoisotopic (exact) mass is 621 g/mol. The number of ether oxygens (including phenoxy) is 2. The average molecular weight is 622 g/mol. The van der Waals surface area contributed by atoms with E-state index < -0.39 is 16.9 Å². The smallest absolute Gasteiger partial charge is 0.338 e. The summed E-state index contributed by atoms with van der Waals surface area (Å²) >= 11 is 1.20. The molecular weight excluding hydrogens is 594 g/mol. The number of fused-ring (bicyclic) bond motifs is 1. The van der Waals surface area contributed by atoms with Gasteiger partial charge in [0.05, 0.1) is 27.3 Å². The highest BCUT2D eigenvalue weighted by molar-refractivity contribution is 7.07. The molecule has 226 valence electrons. The zero-order chi connectivity index (χ0) is 31.5. The molecule has 11 heteroatoms. The molecule has 0 bridgehead atoms. The number of carbonyl (C=O) groups is 1. The SMILES string of the molecule is CCOC(=O)C1=C(C)N=c2s/c(=C\c3ccc(OCc4ccccc4)cc3)c(=O)n2[C@H]1c1ccc(-c2cccc([N+](=O)[O-])c2)o1. The summed E-state index contributed by atoms with van der Waals surface area (Å²) in [5.41, 5.74) is 2.47. The molecule has 1 atom stereocenters. The Balaban J connectivity index is 1.37. The van der Waals surface area contributed by atoms with E-state index in [9.17, 15) is 19.7 Å². The molecule has 3 heterocycles. The topological polar surface area (TPSA) is 126 Å². The molecule has 1 aliphatic heterocycles. The van der Waals surface area contributed by atoms with Crippen LogP contribution in [0.5, 0.6) is 5.75 Å². The lowest BCUT2D eigenvalue weighted by Crippen LogP contribution is -2.39. The molecule has 0 N–H and O–H groups in total. The third-order valence-electron chi connectivity index (χ3n) is 7.18. The molecule has 5 aromatic rings. The van der Waals surface area contributed by atoms with E-state index in [-0.39, 0.29) is 23.4 Å². The summed E-state index contributed by atoms with van der Waals surface area (Å²) < 4.78 is 19.3. The lowest BCUT2D eigenvalue weighted by Gasteiger charge is -2.22. The minimum Gasteiger partial charge on any atom is -0.489 e. The van der Waals surface area contributed by atoms with Crippen molar-refractivity contribution < 1.29 is 23.6 Å². The van der Waals surface area contributed by atoms with E-state index in [0.717, 1.165) is 11.1 Å². The number of non-ortho nitro benzene ring substituents is 1. The van der Waals surface area contributed by atoms with Crippen LogP contribution in [0.3, 0.4) is 0 Å². The summed E-state index contributed by atoms with van der Waals surface area (Å²) in [5, 5.41) is 11.3. The van der Waals surface area contributed by atoms with Crippen molar-refractivity contribution in [2.45, 2.75) is 26.5 Å². The van der Waals surface area contributed by atoms with Crippen LogP contribution in [0.2, 0.25) is 0 Å². The molecule has 0 saturated carbocycles. The molecule has 0 unspecified atom stereocenters. The number of nitrogens with zero attached hydrogens (tertiary/aromatic N) is 3. The molecule has 0 aliphatic carbocycles. The van der Waals surface area contributed by atoms with Crippen molar-refractivity contribution in [3.8, 4) is 17.1 Å². The molecule has 3 aromatic carbocycles. The van der Waals surface area contributed by atoms with Gasteiger partial charge in [-0.05, 0) is 55.3 Å². The molecule has 1 aliphatic rings. The van der Waals surface area contributed by atoms with E-state index in [1.165, 1.54) is 28.0 Å². The third kappa shape index (κ3) is 6.11. The quantitative estimate of drug-likeness (QED) is 0.120. The van der Waals surface area contributed by atoms with Gasteiger partial charge in [-0.2, -0.15) is 0 Å². The second kappa shape index (κ2) is 12.6. The van der Waals surface area contributed by atoms with Crippen molar-refractivity contribution in [1.82, 2.24) is 4.57 Å². The largest absolute Gasteiger partial charge is 0.489 e. The summed E-state index contributed by atoms with van der Waals surface area (Å²) in [6.45, 7) is 3.96. The third-order valence-corrected chi connectivity index (χ3v) is 8.16. The van der Waals surface area contributed by atoms with Crippen molar-refractivity contribution in [2.24, 2.45) is 4.99 Å². The summed E-state index contributed by atoms with van der Waals surface area (Å²) in [6, 6.07) is 25.7. The molecule has 6 rings (SSSR count). The second-order valence-electron chi connectivity index (χ2n) is 10.2. The van der Waals surface area contributed by atoms with Gasteiger partial charge in [-0.25, -0.2) is 9.79 Å². The van der Waals surface area contributed by atoms with Gasteiger partial charge in [-0.15, -0.1) is 0 Å². The Labute approximate surface area is 261 Å². The normalized spacial score (nSPS) is 14.5. The van der Waals surface area contributed by atoms with Crippen LogP contribution in [0, 0.1) is 10.1 Å². The Kier molecular flexibility index (Phi) is 8.26. The van der Waals surface area contributed by atoms with Crippen LogP contribution in [0.15, 0.2) is 116 Å². The molecule has 0 fully saturated rings. The van der Waals surface area contributed by atoms with Crippen LogP contribution >= 0.6 is 11.3 Å². The van der Waals surface area contributed by atoms with Gasteiger partial charge in [0.25, 0.3) is 11.2 Å². The first kappa shape index (κ1) is 29.5. The summed E-state index contributed by atoms with van der Waals surface area (Å²) in [6.07, 6.45) is 1.77. The fraction of sp³-hybridized carbons (Fsp3) is 0.147. The standard InChI is InChI=1S/C34H27N3O7S/c1-3-42-33(39)30-21(2)35-34-36(31(30)28-17-16-27(44-28)24-10-7-11-25(19-24)37(40)41)32(38)29(45-34)18-22-12-14-26(15-13-22)43-20-23-8-5-4-6-9-23/h4-19,31H,3,20H2,1-2H3/b29-18-/t31-/m0/s1. The molecule has 0 radical (unpaired) electrons. The number of carbonyl (C=O) groups excluding carboxylic acids is 1. The van der Waals surface area contributed by atoms with Gasteiger partial charge in [-0.3, -0.25) is 19.5 Å². The fourth-order valence-corrected chi connectivity index (χ4v) is 6.09. The maximum Gasteiger partial charge on any atom is 0.338 e. The van der Waals surface area contributed by atoms with Gasteiger partial charge in [0.2, 0.25) is 0 Å². The van der Waals surface area contributed by atoms with Crippen LogP contribution in [0.1, 0.15) is 36.8 Å². The number of rotatable bonds is 9. The van der Waals surface area contributed by atoms with Crippen LogP contribution in [-0.2, 0) is 16.1 Å². The highest BCUT2D eigenvalue weighted by atomic mass is 32.1. The number of nitro benzene ring substituents is 1. The average Bonchev–Trinajstić information content (AvgIpc) is 3.65. The highest BCUT2D eigenvalue weighted by Crippen LogP contribution is 2.35. The van der Waals surface area contributed by atoms with E-state index in [2.05, 4.69) is 4.99 Å². The summed E-state index contributed by atoms with van der Waals surface area (Å²) in [4.78, 5) is 43.0. The van der Waals surface area contributed by atoms with Crippen molar-refractivity contribution in [3.63, 3.8) is 0 Å². The van der Waals surface area contributed by atoms with Crippen LogP contribution in [0.4, 0.5) is 5.69 Å². The predicted molar refractivity (Wildman–Crippen MR) is 168 cm³/mol. The molecule has 2 aromatic heterocycles. The molecular formula is C34H27N3O7S. The lowest BCUT2D eigenvalue weighted by atomic mass is 10.0. The van der Waals surface area contributed by atoms with E-state index in [4.69, 9.17) is 13.9 Å². The van der Waals surface area contributed by atoms with Crippen molar-refractivity contribution in [3.05, 3.63) is 149 Å². The van der Waals surface area contributed by atoms with Crippen molar-refractivity contribution >= 4 is 29.1 Å². The lowest BCUT2D eigenvalue weighted by molar-refractivity contribution is -0.384.